The number of carbonyl (C=O) groups excluding carboxylic acids is 1. The predicted octanol–water partition coefficient (Wildman–Crippen LogP) is 1.80. The molecule has 0 unspecified atom stereocenters. The molecule has 0 bridgehead atoms. The van der Waals surface area contributed by atoms with Crippen molar-refractivity contribution in [2.24, 2.45) is 5.73 Å². The summed E-state index contributed by atoms with van der Waals surface area (Å²) in [5, 5.41) is 0. The molecule has 0 aliphatic rings. The number of nitrogens with two attached hydrogens (primary N) is 2. The minimum atomic E-state index is -0.423. The summed E-state index contributed by atoms with van der Waals surface area (Å²) >= 11 is 1.59. The SMILES string of the molecule is CCN(CC)CCSc1c(N)cccc1C(N)=O. The van der Waals surface area contributed by atoms with Crippen molar-refractivity contribution in [3.8, 4) is 0 Å². The van der Waals surface area contributed by atoms with Gasteiger partial charge in [-0.3, -0.25) is 4.79 Å². The van der Waals surface area contributed by atoms with E-state index in [0.29, 0.717) is 11.3 Å². The number of anilines is 1. The van der Waals surface area contributed by atoms with Gasteiger partial charge in [-0.15, -0.1) is 11.8 Å². The topological polar surface area (TPSA) is 72.3 Å². The Morgan fingerprint density at radius 1 is 1.33 bits per heavy atom. The lowest BCUT2D eigenvalue weighted by molar-refractivity contribution is 0.0997. The fourth-order valence-electron chi connectivity index (χ4n) is 1.73. The highest BCUT2D eigenvalue weighted by Gasteiger charge is 2.11. The molecule has 5 heteroatoms. The zero-order valence-corrected chi connectivity index (χ0v) is 11.8. The van der Waals surface area contributed by atoms with Gasteiger partial charge in [0.05, 0.1) is 5.56 Å². The summed E-state index contributed by atoms with van der Waals surface area (Å²) in [6.07, 6.45) is 0. The van der Waals surface area contributed by atoms with Crippen LogP contribution in [0.25, 0.3) is 0 Å². The van der Waals surface area contributed by atoms with Crippen LogP contribution in [0.5, 0.6) is 0 Å². The molecule has 0 fully saturated rings. The number of nitrogens with zero attached hydrogens (tertiary/aromatic N) is 1. The van der Waals surface area contributed by atoms with Crippen molar-refractivity contribution >= 4 is 23.4 Å². The number of rotatable bonds is 7. The minimum absolute atomic E-state index is 0.423. The Morgan fingerprint density at radius 3 is 2.56 bits per heavy atom. The summed E-state index contributed by atoms with van der Waals surface area (Å²) in [5.74, 6) is 0.475. The van der Waals surface area contributed by atoms with Crippen molar-refractivity contribution in [3.05, 3.63) is 23.8 Å². The third kappa shape index (κ3) is 3.92. The first kappa shape index (κ1) is 14.9. The van der Waals surface area contributed by atoms with Gasteiger partial charge in [-0.25, -0.2) is 0 Å². The first-order valence-electron chi connectivity index (χ1n) is 6.13. The molecule has 100 valence electrons. The monoisotopic (exact) mass is 267 g/mol. The Morgan fingerprint density at radius 2 is 2.00 bits per heavy atom. The van der Waals surface area contributed by atoms with Gasteiger partial charge in [0.2, 0.25) is 5.91 Å². The fourth-order valence-corrected chi connectivity index (χ4v) is 2.84. The Kier molecular flexibility index (Phi) is 6.01. The zero-order valence-electron chi connectivity index (χ0n) is 11.0. The molecule has 0 radical (unpaired) electrons. The van der Waals surface area contributed by atoms with Crippen molar-refractivity contribution in [2.45, 2.75) is 18.7 Å². The van der Waals surface area contributed by atoms with E-state index in [1.165, 1.54) is 0 Å². The summed E-state index contributed by atoms with van der Waals surface area (Å²) < 4.78 is 0. The lowest BCUT2D eigenvalue weighted by Gasteiger charge is -2.18. The van der Waals surface area contributed by atoms with Crippen molar-refractivity contribution < 1.29 is 4.79 Å². The summed E-state index contributed by atoms with van der Waals surface area (Å²) in [4.78, 5) is 14.5. The van der Waals surface area contributed by atoms with Crippen LogP contribution in [0.1, 0.15) is 24.2 Å². The second-order valence-electron chi connectivity index (χ2n) is 3.96. The smallest absolute Gasteiger partial charge is 0.249 e. The predicted molar refractivity (Wildman–Crippen MR) is 77.9 cm³/mol. The molecule has 0 heterocycles. The van der Waals surface area contributed by atoms with Crippen LogP contribution in [0.15, 0.2) is 23.1 Å². The van der Waals surface area contributed by atoms with Gasteiger partial charge in [0.1, 0.15) is 0 Å². The highest BCUT2D eigenvalue weighted by atomic mass is 32.2. The van der Waals surface area contributed by atoms with Gasteiger partial charge in [-0.2, -0.15) is 0 Å². The molecule has 4 nitrogen and oxygen atoms in total. The molecular weight excluding hydrogens is 246 g/mol. The molecule has 0 atom stereocenters. The Labute approximate surface area is 113 Å². The number of hydrogen-bond acceptors (Lipinski definition) is 4. The standard InChI is InChI=1S/C13H21N3OS/c1-3-16(4-2)8-9-18-12-10(13(15)17)6-5-7-11(12)14/h5-7H,3-4,8-9,14H2,1-2H3,(H2,15,17). The summed E-state index contributed by atoms with van der Waals surface area (Å²) in [6.45, 7) is 7.32. The van der Waals surface area contributed by atoms with E-state index in [1.807, 2.05) is 0 Å². The maximum Gasteiger partial charge on any atom is 0.249 e. The average molecular weight is 267 g/mol. The van der Waals surface area contributed by atoms with Gasteiger partial charge in [-0.05, 0) is 25.2 Å². The third-order valence-electron chi connectivity index (χ3n) is 2.86. The van der Waals surface area contributed by atoms with Crippen LogP contribution >= 0.6 is 11.8 Å². The van der Waals surface area contributed by atoms with Crippen LogP contribution in [0.3, 0.4) is 0 Å². The number of hydrogen-bond donors (Lipinski definition) is 2. The van der Waals surface area contributed by atoms with Crippen LogP contribution in [0, 0.1) is 0 Å². The molecular formula is C13H21N3OS. The summed E-state index contributed by atoms with van der Waals surface area (Å²) in [7, 11) is 0. The lowest BCUT2D eigenvalue weighted by atomic mass is 10.2. The van der Waals surface area contributed by atoms with Gasteiger partial charge in [0, 0.05) is 22.9 Å². The van der Waals surface area contributed by atoms with E-state index in [0.717, 1.165) is 30.3 Å². The number of benzene rings is 1. The van der Waals surface area contributed by atoms with Crippen molar-refractivity contribution in [2.75, 3.05) is 31.1 Å². The van der Waals surface area contributed by atoms with Gasteiger partial charge in [-0.1, -0.05) is 19.9 Å². The molecule has 0 aromatic heterocycles. The number of primary amides is 1. The van der Waals surface area contributed by atoms with E-state index in [2.05, 4.69) is 18.7 Å². The Bertz CT molecular complexity index is 405. The van der Waals surface area contributed by atoms with Crippen LogP contribution in [-0.4, -0.2) is 36.2 Å². The average Bonchev–Trinajstić information content (AvgIpc) is 2.36. The molecule has 0 aliphatic heterocycles. The molecule has 0 spiro atoms. The Hall–Kier alpha value is -1.20. The molecule has 4 N–H and O–H groups in total. The van der Waals surface area contributed by atoms with Crippen LogP contribution in [-0.2, 0) is 0 Å². The highest BCUT2D eigenvalue weighted by molar-refractivity contribution is 7.99. The van der Waals surface area contributed by atoms with Crippen molar-refractivity contribution in [3.63, 3.8) is 0 Å². The largest absolute Gasteiger partial charge is 0.398 e. The number of amides is 1. The second-order valence-corrected chi connectivity index (χ2v) is 5.07. The van der Waals surface area contributed by atoms with Crippen molar-refractivity contribution in [1.82, 2.24) is 4.90 Å². The first-order valence-corrected chi connectivity index (χ1v) is 7.12. The minimum Gasteiger partial charge on any atom is -0.398 e. The number of carbonyl (C=O) groups is 1. The number of nitrogen functional groups attached to an aromatic ring is 1. The molecule has 0 saturated carbocycles. The number of thioether (sulfide) groups is 1. The molecule has 18 heavy (non-hydrogen) atoms. The van der Waals surface area contributed by atoms with Crippen LogP contribution < -0.4 is 11.5 Å². The normalized spacial score (nSPS) is 10.8. The molecule has 0 aliphatic carbocycles. The van der Waals surface area contributed by atoms with Gasteiger partial charge >= 0.3 is 0 Å². The highest BCUT2D eigenvalue weighted by Crippen LogP contribution is 2.28. The third-order valence-corrected chi connectivity index (χ3v) is 3.99. The lowest BCUT2D eigenvalue weighted by Crippen LogP contribution is -2.25. The summed E-state index contributed by atoms with van der Waals surface area (Å²) in [6, 6.07) is 5.27. The maximum atomic E-state index is 11.3. The van der Waals surface area contributed by atoms with Crippen LogP contribution in [0.2, 0.25) is 0 Å². The first-order chi connectivity index (χ1) is 8.60. The van der Waals surface area contributed by atoms with Crippen LogP contribution in [0.4, 0.5) is 5.69 Å². The Balaban J connectivity index is 2.69. The van der Waals surface area contributed by atoms with E-state index in [9.17, 15) is 4.79 Å². The van der Waals surface area contributed by atoms with E-state index in [-0.39, 0.29) is 0 Å². The van der Waals surface area contributed by atoms with E-state index >= 15 is 0 Å². The van der Waals surface area contributed by atoms with E-state index in [1.54, 1.807) is 30.0 Å². The van der Waals surface area contributed by atoms with Gasteiger partial charge in [0.25, 0.3) is 0 Å². The van der Waals surface area contributed by atoms with Gasteiger partial charge in [0.15, 0.2) is 0 Å². The molecule has 1 rings (SSSR count). The summed E-state index contributed by atoms with van der Waals surface area (Å²) in [5.41, 5.74) is 12.4. The molecule has 1 aromatic rings. The second kappa shape index (κ2) is 7.28. The molecule has 1 amide bonds. The fraction of sp³-hybridized carbons (Fsp3) is 0.462. The molecule has 1 aromatic carbocycles. The van der Waals surface area contributed by atoms with Crippen molar-refractivity contribution in [1.29, 1.82) is 0 Å². The van der Waals surface area contributed by atoms with E-state index in [4.69, 9.17) is 11.5 Å². The quantitative estimate of drug-likeness (QED) is 0.583. The maximum absolute atomic E-state index is 11.3. The van der Waals surface area contributed by atoms with E-state index < -0.39 is 5.91 Å². The zero-order chi connectivity index (χ0) is 13.5. The van der Waals surface area contributed by atoms with Gasteiger partial charge < -0.3 is 16.4 Å². The molecule has 0 saturated heterocycles.